The van der Waals surface area contributed by atoms with Gasteiger partial charge in [-0.1, -0.05) is 30.3 Å². The van der Waals surface area contributed by atoms with E-state index in [0.29, 0.717) is 12.2 Å². The van der Waals surface area contributed by atoms with E-state index >= 15 is 0 Å². The zero-order valence-corrected chi connectivity index (χ0v) is 15.1. The molecule has 0 bridgehead atoms. The van der Waals surface area contributed by atoms with Crippen molar-refractivity contribution in [3.8, 4) is 6.07 Å². The molecule has 2 heterocycles. The Morgan fingerprint density at radius 1 is 1.30 bits per heavy atom. The summed E-state index contributed by atoms with van der Waals surface area (Å²) < 4.78 is 11.4. The van der Waals surface area contributed by atoms with Gasteiger partial charge in [-0.3, -0.25) is 4.98 Å². The zero-order chi connectivity index (χ0) is 18.6. The largest absolute Gasteiger partial charge is 0.483 e. The molecule has 5 heteroatoms. The minimum Gasteiger partial charge on any atom is -0.483 e. The van der Waals surface area contributed by atoms with Gasteiger partial charge < -0.3 is 9.47 Å². The Bertz CT molecular complexity index is 984. The Balaban J connectivity index is 1.89. The fraction of sp³-hybridized carbons (Fsp3) is 0.227. The van der Waals surface area contributed by atoms with Crippen LogP contribution in [0.1, 0.15) is 36.0 Å². The highest BCUT2D eigenvalue weighted by atomic mass is 16.5. The predicted octanol–water partition coefficient (Wildman–Crippen LogP) is 4.35. The minimum absolute atomic E-state index is 0.213. The molecule has 1 unspecified atom stereocenters. The Hall–Kier alpha value is -3.39. The topological polar surface area (TPSA) is 67.5 Å². The van der Waals surface area contributed by atoms with Crippen LogP contribution in [-0.4, -0.2) is 18.0 Å². The van der Waals surface area contributed by atoms with Gasteiger partial charge in [0.05, 0.1) is 12.5 Å². The van der Waals surface area contributed by atoms with Gasteiger partial charge in [0, 0.05) is 18.0 Å². The summed E-state index contributed by atoms with van der Waals surface area (Å²) in [5.41, 5.74) is 4.86. The van der Waals surface area contributed by atoms with Crippen molar-refractivity contribution in [1.29, 1.82) is 5.26 Å². The van der Waals surface area contributed by atoms with E-state index in [4.69, 9.17) is 9.47 Å². The Kier molecular flexibility index (Phi) is 4.71. The Morgan fingerprint density at radius 2 is 2.19 bits per heavy atom. The van der Waals surface area contributed by atoms with Gasteiger partial charge in [-0.2, -0.15) is 10.3 Å². The third-order valence-corrected chi connectivity index (χ3v) is 4.83. The van der Waals surface area contributed by atoms with Gasteiger partial charge in [0.2, 0.25) is 5.88 Å². The van der Waals surface area contributed by atoms with Crippen molar-refractivity contribution in [2.45, 2.75) is 25.7 Å². The van der Waals surface area contributed by atoms with Crippen LogP contribution in [0.2, 0.25) is 0 Å². The fourth-order valence-corrected chi connectivity index (χ4v) is 3.64. The average molecular weight is 357 g/mol. The summed E-state index contributed by atoms with van der Waals surface area (Å²) in [5.74, 6) is 0.873. The average Bonchev–Trinajstić information content (AvgIpc) is 2.73. The number of aromatic nitrogens is 1. The molecule has 1 aliphatic heterocycles. The Morgan fingerprint density at radius 3 is 2.96 bits per heavy atom. The van der Waals surface area contributed by atoms with Crippen LogP contribution < -0.4 is 0 Å². The summed E-state index contributed by atoms with van der Waals surface area (Å²) >= 11 is 0. The number of fused-ring (bicyclic) bond motifs is 2. The second kappa shape index (κ2) is 7.46. The summed E-state index contributed by atoms with van der Waals surface area (Å²) in [6, 6.07) is 14.4. The molecule has 5 nitrogen and oxygen atoms in total. The molecule has 0 fully saturated rings. The van der Waals surface area contributed by atoms with E-state index in [-0.39, 0.29) is 11.8 Å². The summed E-state index contributed by atoms with van der Waals surface area (Å²) in [4.78, 5) is 8.55. The molecule has 0 N–H and O–H groups in total. The van der Waals surface area contributed by atoms with Crippen molar-refractivity contribution in [1.82, 2.24) is 4.98 Å². The molecule has 1 aliphatic carbocycles. The molecule has 4 rings (SSSR count). The van der Waals surface area contributed by atoms with Gasteiger partial charge in [0.25, 0.3) is 0 Å². The van der Waals surface area contributed by atoms with E-state index < -0.39 is 0 Å². The number of hydrogen-bond acceptors (Lipinski definition) is 5. The molecular formula is C22H19N3O2. The number of nitrogens with zero attached hydrogens (tertiary/aromatic N) is 3. The molecule has 2 aliphatic rings. The van der Waals surface area contributed by atoms with Crippen LogP contribution in [0.25, 0.3) is 5.76 Å². The first kappa shape index (κ1) is 17.0. The molecule has 0 saturated carbocycles. The minimum atomic E-state index is -0.213. The van der Waals surface area contributed by atoms with Gasteiger partial charge >= 0.3 is 0 Å². The van der Waals surface area contributed by atoms with Crippen LogP contribution in [0, 0.1) is 11.3 Å². The lowest BCUT2D eigenvalue weighted by Gasteiger charge is -2.32. The van der Waals surface area contributed by atoms with Crippen molar-refractivity contribution in [2.24, 2.45) is 4.99 Å². The van der Waals surface area contributed by atoms with Crippen LogP contribution in [0.4, 0.5) is 0 Å². The van der Waals surface area contributed by atoms with Crippen molar-refractivity contribution >= 4 is 12.2 Å². The monoisotopic (exact) mass is 357 g/mol. The summed E-state index contributed by atoms with van der Waals surface area (Å²) in [6.07, 6.45) is 6.64. The molecule has 0 saturated heterocycles. The van der Waals surface area contributed by atoms with E-state index in [9.17, 15) is 5.26 Å². The summed E-state index contributed by atoms with van der Waals surface area (Å²) in [7, 11) is 0. The molecule has 134 valence electrons. The highest BCUT2D eigenvalue weighted by Crippen LogP contribution is 2.47. The highest BCUT2D eigenvalue weighted by molar-refractivity contribution is 5.74. The molecule has 2 aromatic rings. The van der Waals surface area contributed by atoms with Crippen LogP contribution in [0.3, 0.4) is 0 Å². The number of pyridine rings is 1. The van der Waals surface area contributed by atoms with E-state index in [2.05, 4.69) is 28.2 Å². The molecule has 0 spiro atoms. The maximum Gasteiger partial charge on any atom is 0.236 e. The molecule has 0 amide bonds. The molecule has 1 aromatic carbocycles. The number of aryl methyl sites for hydroxylation is 1. The number of nitriles is 1. The van der Waals surface area contributed by atoms with Gasteiger partial charge in [-0.15, -0.1) is 0 Å². The number of ether oxygens (including phenoxy) is 2. The standard InChI is InChI=1S/C22H19N3O2/c1-2-26-14-25-22-19(12-23)20(16-7-5-11-24-13-16)18-10-9-15-6-3-4-8-17(15)21(18)27-22/h3-8,11,13-14,20H,2,9-10H2,1H3/b25-14+. The lowest BCUT2D eigenvalue weighted by molar-refractivity contribution is 0.325. The maximum atomic E-state index is 9.89. The lowest BCUT2D eigenvalue weighted by Crippen LogP contribution is -2.20. The highest BCUT2D eigenvalue weighted by Gasteiger charge is 2.36. The number of rotatable bonds is 4. The zero-order valence-electron chi connectivity index (χ0n) is 15.1. The predicted molar refractivity (Wildman–Crippen MR) is 103 cm³/mol. The molecular weight excluding hydrogens is 338 g/mol. The first-order chi connectivity index (χ1) is 13.3. The van der Waals surface area contributed by atoms with Crippen molar-refractivity contribution < 1.29 is 9.47 Å². The number of allylic oxidation sites excluding steroid dienone is 2. The second-order valence-corrected chi connectivity index (χ2v) is 6.35. The molecule has 1 atom stereocenters. The SMILES string of the molecule is CCO/C=N/C1=C(C#N)C(c2cccnc2)C2=C(O1)c1ccccc1CC2. The van der Waals surface area contributed by atoms with E-state index in [0.717, 1.165) is 35.3 Å². The third kappa shape index (κ3) is 3.11. The van der Waals surface area contributed by atoms with E-state index in [1.807, 2.05) is 37.4 Å². The number of aliphatic imine (C=N–C) groups is 1. The lowest BCUT2D eigenvalue weighted by atomic mass is 9.77. The quantitative estimate of drug-likeness (QED) is 0.602. The van der Waals surface area contributed by atoms with Crippen LogP contribution in [0.15, 0.2) is 70.8 Å². The van der Waals surface area contributed by atoms with Gasteiger partial charge in [0.15, 0.2) is 6.40 Å². The number of benzene rings is 1. The van der Waals surface area contributed by atoms with Crippen molar-refractivity contribution in [3.05, 3.63) is 82.5 Å². The smallest absolute Gasteiger partial charge is 0.236 e. The molecule has 27 heavy (non-hydrogen) atoms. The first-order valence-corrected chi connectivity index (χ1v) is 9.01. The van der Waals surface area contributed by atoms with Crippen LogP contribution in [-0.2, 0) is 15.9 Å². The third-order valence-electron chi connectivity index (χ3n) is 4.83. The van der Waals surface area contributed by atoms with Crippen LogP contribution >= 0.6 is 0 Å². The first-order valence-electron chi connectivity index (χ1n) is 9.01. The number of hydrogen-bond donors (Lipinski definition) is 0. The second-order valence-electron chi connectivity index (χ2n) is 6.35. The summed E-state index contributed by atoms with van der Waals surface area (Å²) in [6.45, 7) is 2.38. The maximum absolute atomic E-state index is 9.89. The fourth-order valence-electron chi connectivity index (χ4n) is 3.64. The Labute approximate surface area is 158 Å². The van der Waals surface area contributed by atoms with Gasteiger partial charge in [0.1, 0.15) is 17.4 Å². The van der Waals surface area contributed by atoms with Crippen molar-refractivity contribution in [2.75, 3.05) is 6.61 Å². The van der Waals surface area contributed by atoms with Crippen molar-refractivity contribution in [3.63, 3.8) is 0 Å². The van der Waals surface area contributed by atoms with Gasteiger partial charge in [-0.05, 0) is 42.5 Å². The van der Waals surface area contributed by atoms with E-state index in [1.165, 1.54) is 12.0 Å². The van der Waals surface area contributed by atoms with Gasteiger partial charge in [-0.25, -0.2) is 0 Å². The van der Waals surface area contributed by atoms with Crippen LogP contribution in [0.5, 0.6) is 0 Å². The molecule has 1 aromatic heterocycles. The molecule has 0 radical (unpaired) electrons. The van der Waals surface area contributed by atoms with E-state index in [1.54, 1.807) is 6.20 Å². The summed E-state index contributed by atoms with van der Waals surface area (Å²) in [5, 5.41) is 9.89. The normalized spacial score (nSPS) is 18.6.